The average Bonchev–Trinajstić information content (AvgIpc) is 2.46. The SMILES string of the molecule is CCOc1cc(N(C)c2ccccc2CN)nc(C)n1. The van der Waals surface area contributed by atoms with E-state index in [-0.39, 0.29) is 0 Å². The number of benzene rings is 1. The molecular formula is C15H20N4O. The number of para-hydroxylation sites is 1. The molecule has 1 heterocycles. The number of aromatic nitrogens is 2. The van der Waals surface area contributed by atoms with E-state index in [0.29, 0.717) is 24.9 Å². The lowest BCUT2D eigenvalue weighted by Gasteiger charge is -2.21. The zero-order valence-electron chi connectivity index (χ0n) is 12.1. The van der Waals surface area contributed by atoms with Crippen LogP contribution in [-0.4, -0.2) is 23.6 Å². The molecule has 0 fully saturated rings. The first kappa shape index (κ1) is 14.3. The highest BCUT2D eigenvalue weighted by Gasteiger charge is 2.11. The normalized spacial score (nSPS) is 10.4. The standard InChI is InChI=1S/C15H20N4O/c1-4-20-15-9-14(17-11(2)18-15)19(3)13-8-6-5-7-12(13)10-16/h5-9H,4,10,16H2,1-3H3. The number of nitrogens with two attached hydrogens (primary N) is 1. The van der Waals surface area contributed by atoms with Gasteiger partial charge in [-0.05, 0) is 25.5 Å². The van der Waals surface area contributed by atoms with E-state index >= 15 is 0 Å². The van der Waals surface area contributed by atoms with Crippen molar-refractivity contribution in [3.05, 3.63) is 41.7 Å². The molecule has 0 radical (unpaired) electrons. The number of aryl methyl sites for hydroxylation is 1. The van der Waals surface area contributed by atoms with E-state index in [4.69, 9.17) is 10.5 Å². The van der Waals surface area contributed by atoms with Crippen LogP contribution in [-0.2, 0) is 6.54 Å². The smallest absolute Gasteiger partial charge is 0.218 e. The fourth-order valence-corrected chi connectivity index (χ4v) is 2.05. The van der Waals surface area contributed by atoms with Crippen LogP contribution in [0.4, 0.5) is 11.5 Å². The highest BCUT2D eigenvalue weighted by Crippen LogP contribution is 2.27. The Morgan fingerprint density at radius 1 is 1.25 bits per heavy atom. The number of ether oxygens (including phenoxy) is 1. The quantitative estimate of drug-likeness (QED) is 0.905. The summed E-state index contributed by atoms with van der Waals surface area (Å²) in [5.41, 5.74) is 7.90. The van der Waals surface area contributed by atoms with E-state index in [1.165, 1.54) is 0 Å². The Labute approximate surface area is 119 Å². The molecular weight excluding hydrogens is 252 g/mol. The van der Waals surface area contributed by atoms with Gasteiger partial charge in [-0.2, -0.15) is 4.98 Å². The topological polar surface area (TPSA) is 64.3 Å². The van der Waals surface area contributed by atoms with Crippen molar-refractivity contribution in [2.75, 3.05) is 18.6 Å². The fraction of sp³-hybridized carbons (Fsp3) is 0.333. The molecule has 0 aliphatic carbocycles. The third kappa shape index (κ3) is 3.05. The Balaban J connectivity index is 2.39. The molecule has 0 bridgehead atoms. The number of hydrogen-bond acceptors (Lipinski definition) is 5. The molecule has 20 heavy (non-hydrogen) atoms. The van der Waals surface area contributed by atoms with Crippen LogP contribution in [0.1, 0.15) is 18.3 Å². The van der Waals surface area contributed by atoms with Crippen LogP contribution in [0.3, 0.4) is 0 Å². The second-order valence-corrected chi connectivity index (χ2v) is 4.44. The summed E-state index contributed by atoms with van der Waals surface area (Å²) < 4.78 is 5.47. The van der Waals surface area contributed by atoms with Crippen LogP contribution in [0, 0.1) is 6.92 Å². The van der Waals surface area contributed by atoms with Crippen molar-refractivity contribution >= 4 is 11.5 Å². The summed E-state index contributed by atoms with van der Waals surface area (Å²) in [6, 6.07) is 9.85. The van der Waals surface area contributed by atoms with Crippen LogP contribution < -0.4 is 15.4 Å². The minimum Gasteiger partial charge on any atom is -0.478 e. The summed E-state index contributed by atoms with van der Waals surface area (Å²) in [5, 5.41) is 0. The molecule has 5 nitrogen and oxygen atoms in total. The number of hydrogen-bond donors (Lipinski definition) is 1. The van der Waals surface area contributed by atoms with E-state index in [1.54, 1.807) is 0 Å². The van der Waals surface area contributed by atoms with Gasteiger partial charge >= 0.3 is 0 Å². The molecule has 2 N–H and O–H groups in total. The molecule has 5 heteroatoms. The van der Waals surface area contributed by atoms with Crippen LogP contribution in [0.25, 0.3) is 0 Å². The second-order valence-electron chi connectivity index (χ2n) is 4.44. The number of nitrogens with zero attached hydrogens (tertiary/aromatic N) is 3. The third-order valence-electron chi connectivity index (χ3n) is 3.01. The Bertz CT molecular complexity index is 586. The maximum Gasteiger partial charge on any atom is 0.218 e. The van der Waals surface area contributed by atoms with Gasteiger partial charge in [-0.3, -0.25) is 0 Å². The molecule has 0 aliphatic rings. The van der Waals surface area contributed by atoms with Crippen LogP contribution in [0.15, 0.2) is 30.3 Å². The molecule has 0 amide bonds. The first-order chi connectivity index (χ1) is 9.65. The van der Waals surface area contributed by atoms with E-state index in [0.717, 1.165) is 17.1 Å². The van der Waals surface area contributed by atoms with Crippen LogP contribution in [0.5, 0.6) is 5.88 Å². The van der Waals surface area contributed by atoms with Gasteiger partial charge in [0.15, 0.2) is 0 Å². The highest BCUT2D eigenvalue weighted by molar-refractivity contribution is 5.63. The van der Waals surface area contributed by atoms with Gasteiger partial charge in [0.05, 0.1) is 6.61 Å². The van der Waals surface area contributed by atoms with Crippen molar-refractivity contribution in [1.29, 1.82) is 0 Å². The van der Waals surface area contributed by atoms with Gasteiger partial charge in [0.2, 0.25) is 5.88 Å². The van der Waals surface area contributed by atoms with Gasteiger partial charge in [0.1, 0.15) is 11.6 Å². The molecule has 2 rings (SSSR count). The highest BCUT2D eigenvalue weighted by atomic mass is 16.5. The average molecular weight is 272 g/mol. The molecule has 0 spiro atoms. The van der Waals surface area contributed by atoms with Gasteiger partial charge in [-0.25, -0.2) is 4.98 Å². The molecule has 2 aromatic rings. The molecule has 0 atom stereocenters. The Kier molecular flexibility index (Phi) is 4.53. The minimum atomic E-state index is 0.489. The maximum absolute atomic E-state index is 5.79. The van der Waals surface area contributed by atoms with E-state index in [1.807, 2.05) is 56.1 Å². The van der Waals surface area contributed by atoms with Crippen LogP contribution >= 0.6 is 0 Å². The molecule has 0 unspecified atom stereocenters. The molecule has 106 valence electrons. The van der Waals surface area contributed by atoms with Gasteiger partial charge in [-0.1, -0.05) is 18.2 Å². The maximum atomic E-state index is 5.79. The number of rotatable bonds is 5. The molecule has 0 saturated carbocycles. The van der Waals surface area contributed by atoms with Crippen LogP contribution in [0.2, 0.25) is 0 Å². The van der Waals surface area contributed by atoms with Crippen molar-refractivity contribution in [2.45, 2.75) is 20.4 Å². The second kappa shape index (κ2) is 6.34. The first-order valence-electron chi connectivity index (χ1n) is 6.66. The van der Waals surface area contributed by atoms with Gasteiger partial charge < -0.3 is 15.4 Å². The van der Waals surface area contributed by atoms with E-state index in [9.17, 15) is 0 Å². The third-order valence-corrected chi connectivity index (χ3v) is 3.01. The van der Waals surface area contributed by atoms with Crippen molar-refractivity contribution in [3.63, 3.8) is 0 Å². The zero-order chi connectivity index (χ0) is 14.5. The van der Waals surface area contributed by atoms with Gasteiger partial charge in [-0.15, -0.1) is 0 Å². The Morgan fingerprint density at radius 2 is 2.00 bits per heavy atom. The zero-order valence-corrected chi connectivity index (χ0v) is 12.1. The lowest BCUT2D eigenvalue weighted by Crippen LogP contribution is -2.15. The van der Waals surface area contributed by atoms with Crippen molar-refractivity contribution in [3.8, 4) is 5.88 Å². The van der Waals surface area contributed by atoms with Gasteiger partial charge in [0, 0.05) is 25.3 Å². The summed E-state index contributed by atoms with van der Waals surface area (Å²) in [7, 11) is 1.96. The Hall–Kier alpha value is -2.14. The molecule has 0 aliphatic heterocycles. The van der Waals surface area contributed by atoms with Crippen molar-refractivity contribution < 1.29 is 4.74 Å². The number of anilines is 2. The largest absolute Gasteiger partial charge is 0.478 e. The summed E-state index contributed by atoms with van der Waals surface area (Å²) in [4.78, 5) is 10.7. The molecule has 1 aromatic carbocycles. The predicted molar refractivity (Wildman–Crippen MR) is 80.3 cm³/mol. The summed E-state index contributed by atoms with van der Waals surface area (Å²) >= 11 is 0. The lowest BCUT2D eigenvalue weighted by molar-refractivity contribution is 0.325. The lowest BCUT2D eigenvalue weighted by atomic mass is 10.1. The predicted octanol–water partition coefficient (Wildman–Crippen LogP) is 2.41. The monoisotopic (exact) mass is 272 g/mol. The van der Waals surface area contributed by atoms with Gasteiger partial charge in [0.25, 0.3) is 0 Å². The minimum absolute atomic E-state index is 0.489. The summed E-state index contributed by atoms with van der Waals surface area (Å²) in [5.74, 6) is 2.07. The van der Waals surface area contributed by atoms with E-state index in [2.05, 4.69) is 9.97 Å². The summed E-state index contributed by atoms with van der Waals surface area (Å²) in [6.07, 6.45) is 0. The molecule has 1 aromatic heterocycles. The molecule has 0 saturated heterocycles. The van der Waals surface area contributed by atoms with Crippen molar-refractivity contribution in [2.24, 2.45) is 5.73 Å². The first-order valence-corrected chi connectivity index (χ1v) is 6.66. The van der Waals surface area contributed by atoms with Crippen molar-refractivity contribution in [1.82, 2.24) is 9.97 Å². The fourth-order valence-electron chi connectivity index (χ4n) is 2.05. The summed E-state index contributed by atoms with van der Waals surface area (Å²) in [6.45, 7) is 4.86. The Morgan fingerprint density at radius 3 is 2.70 bits per heavy atom. The van der Waals surface area contributed by atoms with E-state index < -0.39 is 0 Å².